The van der Waals surface area contributed by atoms with Crippen molar-refractivity contribution >= 4 is 17.8 Å². The molecule has 0 saturated carbocycles. The predicted molar refractivity (Wildman–Crippen MR) is 86.1 cm³/mol. The summed E-state index contributed by atoms with van der Waals surface area (Å²) in [5.74, 6) is -2.37. The maximum atomic E-state index is 10.4. The molecule has 0 radical (unpaired) electrons. The Balaban J connectivity index is 0.000000316. The molecule has 0 aromatic rings. The van der Waals surface area contributed by atoms with Crippen molar-refractivity contribution in [3.05, 3.63) is 0 Å². The van der Waals surface area contributed by atoms with Gasteiger partial charge in [-0.05, 0) is 45.3 Å². The van der Waals surface area contributed by atoms with Gasteiger partial charge >= 0.3 is 11.9 Å². The zero-order valence-corrected chi connectivity index (χ0v) is 13.6. The summed E-state index contributed by atoms with van der Waals surface area (Å²) in [4.78, 5) is 29.6. The number of aliphatic carboxylic acids is 2. The van der Waals surface area contributed by atoms with Crippen molar-refractivity contribution in [2.24, 2.45) is 5.73 Å². The average molecular weight is 331 g/mol. The Kier molecular flexibility index (Phi) is 12.9. The van der Waals surface area contributed by atoms with Crippen LogP contribution in [0.3, 0.4) is 0 Å². The third-order valence-corrected chi connectivity index (χ3v) is 3.41. The van der Waals surface area contributed by atoms with Crippen LogP contribution in [0.1, 0.15) is 51.4 Å². The molecule has 2 aliphatic heterocycles. The van der Waals surface area contributed by atoms with Gasteiger partial charge in [-0.3, -0.25) is 14.4 Å². The molecule has 2 saturated heterocycles. The second-order valence-corrected chi connectivity index (χ2v) is 5.50. The Bertz CT molecular complexity index is 323. The number of hydrogen-bond donors (Lipinski definition) is 5. The van der Waals surface area contributed by atoms with Crippen LogP contribution in [0.5, 0.6) is 0 Å². The topological polar surface area (TPSA) is 142 Å². The lowest BCUT2D eigenvalue weighted by molar-refractivity contribution is -0.143. The van der Waals surface area contributed by atoms with E-state index >= 15 is 0 Å². The summed E-state index contributed by atoms with van der Waals surface area (Å²) in [7, 11) is 0. The Morgan fingerprint density at radius 1 is 0.870 bits per heavy atom. The first-order valence-corrected chi connectivity index (χ1v) is 8.10. The number of hydrogen-bond acceptors (Lipinski definition) is 5. The number of carboxylic acid groups (broad SMARTS) is 2. The van der Waals surface area contributed by atoms with Crippen LogP contribution in [0.2, 0.25) is 0 Å². The van der Waals surface area contributed by atoms with E-state index in [2.05, 4.69) is 10.6 Å². The van der Waals surface area contributed by atoms with E-state index in [0.717, 1.165) is 19.4 Å². The summed E-state index contributed by atoms with van der Waals surface area (Å²) in [6.07, 6.45) is 7.05. The first-order chi connectivity index (χ1) is 10.9. The van der Waals surface area contributed by atoms with Gasteiger partial charge < -0.3 is 26.6 Å². The summed E-state index contributed by atoms with van der Waals surface area (Å²) >= 11 is 0. The Morgan fingerprint density at radius 2 is 1.39 bits per heavy atom. The zero-order chi connectivity index (χ0) is 17.5. The van der Waals surface area contributed by atoms with Gasteiger partial charge in [0.15, 0.2) is 0 Å². The van der Waals surface area contributed by atoms with E-state index in [-0.39, 0.29) is 24.8 Å². The maximum absolute atomic E-state index is 10.4. The van der Waals surface area contributed by atoms with Crippen LogP contribution in [-0.2, 0) is 14.4 Å². The Morgan fingerprint density at radius 3 is 1.70 bits per heavy atom. The van der Waals surface area contributed by atoms with Crippen LogP contribution >= 0.6 is 0 Å². The minimum atomic E-state index is -1.08. The first kappa shape index (κ1) is 21.3. The molecule has 0 unspecified atom stereocenters. The van der Waals surface area contributed by atoms with Crippen molar-refractivity contribution in [2.75, 3.05) is 19.6 Å². The van der Waals surface area contributed by atoms with Gasteiger partial charge in [-0.2, -0.15) is 0 Å². The molecule has 1 atom stereocenters. The third kappa shape index (κ3) is 15.0. The number of nitrogens with one attached hydrogen (secondary N) is 2. The van der Waals surface area contributed by atoms with Crippen LogP contribution in [0.25, 0.3) is 0 Å². The van der Waals surface area contributed by atoms with Gasteiger partial charge in [0.25, 0.3) is 0 Å². The van der Waals surface area contributed by atoms with Crippen LogP contribution in [0.15, 0.2) is 0 Å². The lowest BCUT2D eigenvalue weighted by Gasteiger charge is -2.01. The summed E-state index contributed by atoms with van der Waals surface area (Å²) in [6.45, 7) is 3.44. The van der Waals surface area contributed by atoms with Gasteiger partial charge in [0.05, 0.1) is 18.9 Å². The number of carbonyl (C=O) groups is 3. The fraction of sp³-hybridized carbons (Fsp3) is 0.800. The van der Waals surface area contributed by atoms with Crippen molar-refractivity contribution in [2.45, 2.75) is 57.4 Å². The normalized spacial score (nSPS) is 20.1. The molecule has 6 N–H and O–H groups in total. The molecule has 2 heterocycles. The van der Waals surface area contributed by atoms with Crippen molar-refractivity contribution in [3.63, 3.8) is 0 Å². The van der Waals surface area contributed by atoms with Crippen LogP contribution in [-0.4, -0.2) is 53.7 Å². The van der Waals surface area contributed by atoms with E-state index in [9.17, 15) is 14.4 Å². The lowest BCUT2D eigenvalue weighted by atomic mass is 10.2. The van der Waals surface area contributed by atoms with Crippen LogP contribution in [0, 0.1) is 0 Å². The first-order valence-electron chi connectivity index (χ1n) is 8.10. The van der Waals surface area contributed by atoms with Gasteiger partial charge in [-0.25, -0.2) is 0 Å². The largest absolute Gasteiger partial charge is 0.481 e. The molecule has 0 aromatic heterocycles. The van der Waals surface area contributed by atoms with E-state index in [0.29, 0.717) is 0 Å². The fourth-order valence-electron chi connectivity index (χ4n) is 2.12. The predicted octanol–water partition coefficient (Wildman–Crippen LogP) is 0.310. The van der Waals surface area contributed by atoms with E-state index < -0.39 is 11.9 Å². The molecule has 134 valence electrons. The molecule has 2 fully saturated rings. The van der Waals surface area contributed by atoms with Gasteiger partial charge in [0.1, 0.15) is 0 Å². The minimum Gasteiger partial charge on any atom is -0.481 e. The highest BCUT2D eigenvalue weighted by Gasteiger charge is 2.18. The highest BCUT2D eigenvalue weighted by molar-refractivity contribution is 5.80. The van der Waals surface area contributed by atoms with E-state index in [1.54, 1.807) is 0 Å². The molecule has 2 aliphatic rings. The maximum Gasteiger partial charge on any atom is 0.303 e. The smallest absolute Gasteiger partial charge is 0.303 e. The molecule has 0 bridgehead atoms. The molecule has 8 heteroatoms. The number of carboxylic acids is 2. The van der Waals surface area contributed by atoms with Crippen molar-refractivity contribution < 1.29 is 24.6 Å². The second-order valence-electron chi connectivity index (χ2n) is 5.50. The summed E-state index contributed by atoms with van der Waals surface area (Å²) < 4.78 is 0. The standard InChI is InChI=1S/C6H13N.C5H10N2O.C4H6O4/c1-2-4-6-7-5-3-1;6-5(8)4-2-1-3-7-4;5-3(6)1-2-4(7)8/h7H,1-6H2;4,7H,1-3H2,(H2,6,8);1-2H2,(H,5,6)(H,7,8)/t;4-;/m.0./s1. The van der Waals surface area contributed by atoms with Crippen molar-refractivity contribution in [1.29, 1.82) is 0 Å². The van der Waals surface area contributed by atoms with E-state index in [4.69, 9.17) is 15.9 Å². The van der Waals surface area contributed by atoms with Gasteiger partial charge in [-0.1, -0.05) is 12.8 Å². The number of carbonyl (C=O) groups excluding carboxylic acids is 1. The van der Waals surface area contributed by atoms with Gasteiger partial charge in [-0.15, -0.1) is 0 Å². The monoisotopic (exact) mass is 331 g/mol. The average Bonchev–Trinajstić information content (AvgIpc) is 2.87. The molecular formula is C15H29N3O5. The summed E-state index contributed by atoms with van der Waals surface area (Å²) in [6, 6.07) is -0.0463. The number of rotatable bonds is 4. The zero-order valence-electron chi connectivity index (χ0n) is 13.6. The molecule has 1 amide bonds. The van der Waals surface area contributed by atoms with Crippen LogP contribution in [0.4, 0.5) is 0 Å². The molecule has 23 heavy (non-hydrogen) atoms. The van der Waals surface area contributed by atoms with Crippen molar-refractivity contribution in [3.8, 4) is 0 Å². The number of primary amides is 1. The molecule has 2 rings (SSSR count). The lowest BCUT2D eigenvalue weighted by Crippen LogP contribution is -2.36. The second kappa shape index (κ2) is 14.0. The van der Waals surface area contributed by atoms with Gasteiger partial charge in [0.2, 0.25) is 5.91 Å². The molecule has 0 aromatic carbocycles. The molecular weight excluding hydrogens is 302 g/mol. The highest BCUT2D eigenvalue weighted by atomic mass is 16.4. The quantitative estimate of drug-likeness (QED) is 0.499. The molecule has 0 spiro atoms. The summed E-state index contributed by atoms with van der Waals surface area (Å²) in [5.41, 5.74) is 5.00. The van der Waals surface area contributed by atoms with E-state index in [1.165, 1.54) is 38.8 Å². The Hall–Kier alpha value is -1.67. The van der Waals surface area contributed by atoms with E-state index in [1.807, 2.05) is 0 Å². The van der Waals surface area contributed by atoms with Crippen LogP contribution < -0.4 is 16.4 Å². The molecule has 8 nitrogen and oxygen atoms in total. The minimum absolute atomic E-state index is 0.0463. The third-order valence-electron chi connectivity index (χ3n) is 3.41. The van der Waals surface area contributed by atoms with Gasteiger partial charge in [0, 0.05) is 0 Å². The number of amides is 1. The summed E-state index contributed by atoms with van der Waals surface area (Å²) in [5, 5.41) is 22.1. The Labute approximate surface area is 136 Å². The SMILES string of the molecule is C1CCCNCC1.NC(=O)[C@@H]1CCCN1.O=C(O)CCC(=O)O. The fourth-order valence-corrected chi connectivity index (χ4v) is 2.12. The highest BCUT2D eigenvalue weighted by Crippen LogP contribution is 2.02. The van der Waals surface area contributed by atoms with Crippen molar-refractivity contribution in [1.82, 2.24) is 10.6 Å². The molecule has 0 aliphatic carbocycles. The number of nitrogens with two attached hydrogens (primary N) is 1.